The van der Waals surface area contributed by atoms with E-state index < -0.39 is 27.8 Å². The lowest BCUT2D eigenvalue weighted by molar-refractivity contribution is -0.385. The quantitative estimate of drug-likeness (QED) is 0.312. The van der Waals surface area contributed by atoms with E-state index in [1.165, 1.54) is 0 Å². The molecule has 1 aromatic carbocycles. The van der Waals surface area contributed by atoms with E-state index in [1.54, 1.807) is 0 Å². The van der Waals surface area contributed by atoms with Gasteiger partial charge in [0.1, 0.15) is 0 Å². The number of nitro groups is 1. The normalized spacial score (nSPS) is 9.54. The number of hydrogen-bond donors (Lipinski definition) is 2. The fourth-order valence-corrected chi connectivity index (χ4v) is 0.828. The molecule has 0 aliphatic heterocycles. The number of aromatic hydroxyl groups is 2. The zero-order chi connectivity index (χ0) is 10.0. The topological polar surface area (TPSA) is 113 Å². The molecule has 0 radical (unpaired) electrons. The lowest BCUT2D eigenvalue weighted by atomic mass is 10.2. The Morgan fingerprint density at radius 3 is 2.23 bits per heavy atom. The minimum atomic E-state index is -0.994. The van der Waals surface area contributed by atoms with Crippen LogP contribution in [0.15, 0.2) is 17.3 Å². The van der Waals surface area contributed by atoms with Gasteiger partial charge < -0.3 is 10.2 Å². The van der Waals surface area contributed by atoms with Gasteiger partial charge >= 0.3 is 5.69 Å². The minimum absolute atomic E-state index is 0.639. The van der Waals surface area contributed by atoms with Gasteiger partial charge in [0.2, 0.25) is 5.69 Å². The van der Waals surface area contributed by atoms with Crippen LogP contribution in [-0.4, -0.2) is 15.1 Å². The zero-order valence-electron chi connectivity index (χ0n) is 6.17. The van der Waals surface area contributed by atoms with Gasteiger partial charge in [-0.2, -0.15) is 0 Å². The van der Waals surface area contributed by atoms with E-state index in [0.717, 1.165) is 12.1 Å². The smallest absolute Gasteiger partial charge is 0.343 e. The summed E-state index contributed by atoms with van der Waals surface area (Å²) in [6.07, 6.45) is 0. The molecule has 0 spiro atoms. The second-order valence-corrected chi connectivity index (χ2v) is 2.15. The lowest BCUT2D eigenvalue weighted by Crippen LogP contribution is -1.89. The van der Waals surface area contributed by atoms with Crippen molar-refractivity contribution in [3.05, 3.63) is 27.2 Å². The summed E-state index contributed by atoms with van der Waals surface area (Å²) in [5.74, 6) is -1.35. The molecule has 0 bridgehead atoms. The molecule has 13 heavy (non-hydrogen) atoms. The fraction of sp³-hybridized carbons (Fsp3) is 0. The van der Waals surface area contributed by atoms with Gasteiger partial charge in [0.05, 0.1) is 4.92 Å². The van der Waals surface area contributed by atoms with Crippen molar-refractivity contribution in [3.63, 3.8) is 0 Å². The molecule has 0 fully saturated rings. The second kappa shape index (κ2) is 3.05. The molecule has 7 nitrogen and oxygen atoms in total. The Balaban J connectivity index is 3.52. The summed E-state index contributed by atoms with van der Waals surface area (Å²) in [6.45, 7) is 0. The number of nitro benzene ring substituents is 1. The van der Waals surface area contributed by atoms with Gasteiger partial charge in [-0.05, 0) is 17.3 Å². The maximum Gasteiger partial charge on any atom is 0.343 e. The van der Waals surface area contributed by atoms with E-state index >= 15 is 0 Å². The Labute approximate surface area is 71.4 Å². The number of rotatable bonds is 2. The maximum absolute atomic E-state index is 10.3. The summed E-state index contributed by atoms with van der Waals surface area (Å²) in [7, 11) is 0. The van der Waals surface area contributed by atoms with Crippen LogP contribution in [0.3, 0.4) is 0 Å². The Bertz CT molecular complexity index is 376. The number of phenolic OH excluding ortho intramolecular Hbond substituents is 2. The zero-order valence-corrected chi connectivity index (χ0v) is 6.17. The first kappa shape index (κ1) is 8.91. The van der Waals surface area contributed by atoms with E-state index in [0.29, 0.717) is 0 Å². The van der Waals surface area contributed by atoms with E-state index in [1.807, 2.05) is 0 Å². The monoisotopic (exact) mass is 184 g/mol. The third-order valence-corrected chi connectivity index (χ3v) is 1.38. The average molecular weight is 184 g/mol. The van der Waals surface area contributed by atoms with Crippen LogP contribution in [0.25, 0.3) is 0 Å². The number of phenols is 2. The molecule has 0 aliphatic rings. The van der Waals surface area contributed by atoms with Crippen LogP contribution in [-0.2, 0) is 0 Å². The van der Waals surface area contributed by atoms with Gasteiger partial charge in [0, 0.05) is 0 Å². The van der Waals surface area contributed by atoms with Crippen molar-refractivity contribution >= 4 is 11.4 Å². The highest BCUT2D eigenvalue weighted by Crippen LogP contribution is 2.42. The first-order valence-electron chi connectivity index (χ1n) is 3.10. The fourth-order valence-electron chi connectivity index (χ4n) is 0.828. The van der Waals surface area contributed by atoms with Gasteiger partial charge in [-0.3, -0.25) is 10.1 Å². The van der Waals surface area contributed by atoms with Crippen molar-refractivity contribution in [2.75, 3.05) is 0 Å². The van der Waals surface area contributed by atoms with E-state index in [4.69, 9.17) is 10.2 Å². The second-order valence-electron chi connectivity index (χ2n) is 2.15. The molecule has 1 rings (SSSR count). The number of nitrogens with zero attached hydrogens (tertiary/aromatic N) is 2. The van der Waals surface area contributed by atoms with Crippen molar-refractivity contribution in [3.8, 4) is 11.5 Å². The lowest BCUT2D eigenvalue weighted by Gasteiger charge is -1.98. The van der Waals surface area contributed by atoms with Crippen LogP contribution < -0.4 is 0 Å². The largest absolute Gasteiger partial charge is 0.505 e. The number of hydrogen-bond acceptors (Lipinski definition) is 6. The predicted molar refractivity (Wildman–Crippen MR) is 41.9 cm³/mol. The molecule has 0 amide bonds. The summed E-state index contributed by atoms with van der Waals surface area (Å²) in [5, 5.41) is 30.5. The number of nitroso groups, excluding NO2 is 1. The molecular formula is C6H4N2O5. The first-order chi connectivity index (χ1) is 6.07. The highest BCUT2D eigenvalue weighted by atomic mass is 16.6. The van der Waals surface area contributed by atoms with E-state index in [2.05, 4.69) is 5.18 Å². The Kier molecular flexibility index (Phi) is 2.09. The Morgan fingerprint density at radius 2 is 1.85 bits per heavy atom. The van der Waals surface area contributed by atoms with Crippen LogP contribution in [0.2, 0.25) is 0 Å². The molecule has 0 aromatic heterocycles. The van der Waals surface area contributed by atoms with Crippen LogP contribution in [0.1, 0.15) is 0 Å². The minimum Gasteiger partial charge on any atom is -0.505 e. The van der Waals surface area contributed by atoms with Crippen molar-refractivity contribution in [1.82, 2.24) is 0 Å². The van der Waals surface area contributed by atoms with Gasteiger partial charge in [-0.15, -0.1) is 4.91 Å². The summed E-state index contributed by atoms with van der Waals surface area (Å²) < 4.78 is 0. The molecule has 7 heteroatoms. The Hall–Kier alpha value is -2.18. The highest BCUT2D eigenvalue weighted by molar-refractivity contribution is 5.71. The standard InChI is InChI=1S/C6H4N2O5/c9-3-1-2-4(10)6(8(12)13)5(3)7-11/h1-2,9-10H. The maximum atomic E-state index is 10.3. The van der Waals surface area contributed by atoms with Crippen LogP contribution in [0.5, 0.6) is 11.5 Å². The average Bonchev–Trinajstić information content (AvgIpc) is 2.07. The molecule has 0 heterocycles. The van der Waals surface area contributed by atoms with E-state index in [-0.39, 0.29) is 0 Å². The molecule has 68 valence electrons. The summed E-state index contributed by atoms with van der Waals surface area (Å²) >= 11 is 0. The third-order valence-electron chi connectivity index (χ3n) is 1.38. The first-order valence-corrected chi connectivity index (χ1v) is 3.10. The van der Waals surface area contributed by atoms with Gasteiger partial charge in [0.15, 0.2) is 11.5 Å². The molecule has 0 saturated carbocycles. The van der Waals surface area contributed by atoms with Crippen molar-refractivity contribution < 1.29 is 15.1 Å². The van der Waals surface area contributed by atoms with Gasteiger partial charge in [-0.25, -0.2) is 0 Å². The highest BCUT2D eigenvalue weighted by Gasteiger charge is 2.23. The van der Waals surface area contributed by atoms with Crippen molar-refractivity contribution in [2.45, 2.75) is 0 Å². The molecule has 0 unspecified atom stereocenters. The number of benzene rings is 1. The summed E-state index contributed by atoms with van der Waals surface area (Å²) in [5.41, 5.74) is -1.67. The van der Waals surface area contributed by atoms with Gasteiger partial charge in [0.25, 0.3) is 0 Å². The third kappa shape index (κ3) is 1.39. The molecule has 0 atom stereocenters. The van der Waals surface area contributed by atoms with E-state index in [9.17, 15) is 15.0 Å². The van der Waals surface area contributed by atoms with Crippen LogP contribution in [0, 0.1) is 15.0 Å². The molecule has 1 aromatic rings. The SMILES string of the molecule is O=Nc1c(O)ccc(O)c1[N+](=O)[O-]. The van der Waals surface area contributed by atoms with Crippen LogP contribution >= 0.6 is 0 Å². The Morgan fingerprint density at radius 1 is 1.31 bits per heavy atom. The molecular weight excluding hydrogens is 180 g/mol. The summed E-state index contributed by atoms with van der Waals surface area (Å²) in [6, 6.07) is 1.85. The molecule has 2 N–H and O–H groups in total. The molecule has 0 aliphatic carbocycles. The van der Waals surface area contributed by atoms with Crippen molar-refractivity contribution in [2.24, 2.45) is 5.18 Å². The van der Waals surface area contributed by atoms with Crippen molar-refractivity contribution in [1.29, 1.82) is 0 Å². The van der Waals surface area contributed by atoms with Gasteiger partial charge in [-0.1, -0.05) is 0 Å². The molecule has 0 saturated heterocycles. The van der Waals surface area contributed by atoms with Crippen LogP contribution in [0.4, 0.5) is 11.4 Å². The summed E-state index contributed by atoms with van der Waals surface area (Å²) in [4.78, 5) is 19.4. The predicted octanol–water partition coefficient (Wildman–Crippen LogP) is 1.40.